The molecule has 0 radical (unpaired) electrons. The van der Waals surface area contributed by atoms with Crippen molar-refractivity contribution < 1.29 is 22.7 Å². The Bertz CT molecular complexity index is 743. The Morgan fingerprint density at radius 3 is 2.59 bits per heavy atom. The summed E-state index contributed by atoms with van der Waals surface area (Å²) in [4.78, 5) is 12.4. The van der Waals surface area contributed by atoms with Gasteiger partial charge in [0.25, 0.3) is 0 Å². The molecule has 27 heavy (non-hydrogen) atoms. The maximum Gasteiger partial charge on any atom is 0.524 e. The summed E-state index contributed by atoms with van der Waals surface area (Å²) in [6.45, 7) is 0.742. The van der Waals surface area contributed by atoms with Crippen molar-refractivity contribution in [3.8, 4) is 0 Å². The summed E-state index contributed by atoms with van der Waals surface area (Å²) in [5.74, 6) is -0.275. The monoisotopic (exact) mass is 400 g/mol. The quantitative estimate of drug-likeness (QED) is 0.748. The second-order valence-corrected chi connectivity index (χ2v) is 7.19. The second kappa shape index (κ2) is 8.04. The van der Waals surface area contributed by atoms with Gasteiger partial charge in [-0.15, -0.1) is 13.2 Å². The molecule has 4 nitrogen and oxygen atoms in total. The summed E-state index contributed by atoms with van der Waals surface area (Å²) in [5, 5.41) is 3.63. The van der Waals surface area contributed by atoms with Gasteiger partial charge in [-0.05, 0) is 31.0 Å². The molecule has 2 atom stereocenters. The Labute approximate surface area is 160 Å². The number of hydrogen-bond acceptors (Lipinski definition) is 3. The van der Waals surface area contributed by atoms with E-state index in [0.29, 0.717) is 12.0 Å². The van der Waals surface area contributed by atoms with Crippen LogP contribution in [-0.2, 0) is 9.53 Å². The molecule has 0 saturated carbocycles. The lowest BCUT2D eigenvalue weighted by Crippen LogP contribution is -2.47. The molecule has 3 rings (SSSR count). The predicted molar refractivity (Wildman–Crippen MR) is 96.6 cm³/mol. The number of piperidine rings is 1. The number of benzene rings is 1. The minimum atomic E-state index is -4.92. The summed E-state index contributed by atoms with van der Waals surface area (Å²) in [5.41, 5.74) is 0.995. The average molecular weight is 401 g/mol. The molecule has 1 aromatic carbocycles. The van der Waals surface area contributed by atoms with Crippen LogP contribution in [0.1, 0.15) is 31.2 Å². The van der Waals surface area contributed by atoms with Gasteiger partial charge in [-0.1, -0.05) is 54.4 Å². The van der Waals surface area contributed by atoms with E-state index in [2.05, 4.69) is 15.4 Å². The molecule has 2 aliphatic rings. The fraction of sp³-hybridized carbons (Fsp3) is 0.421. The highest BCUT2D eigenvalue weighted by atomic mass is 35.5. The van der Waals surface area contributed by atoms with Gasteiger partial charge in [0, 0.05) is 17.7 Å². The molecular weight excluding hydrogens is 381 g/mol. The summed E-state index contributed by atoms with van der Waals surface area (Å²) < 4.78 is 43.3. The maximum atomic E-state index is 13.0. The Balaban J connectivity index is 1.84. The van der Waals surface area contributed by atoms with Crippen LogP contribution < -0.4 is 10.6 Å². The first kappa shape index (κ1) is 19.9. The molecule has 1 fully saturated rings. The zero-order valence-corrected chi connectivity index (χ0v) is 15.2. The van der Waals surface area contributed by atoms with Crippen molar-refractivity contribution in [1.82, 2.24) is 10.6 Å². The minimum Gasteiger partial charge on any atom is -0.328 e. The zero-order chi connectivity index (χ0) is 19.5. The van der Waals surface area contributed by atoms with Crippen molar-refractivity contribution in [3.63, 3.8) is 0 Å². The number of halogens is 4. The minimum absolute atomic E-state index is 0.191. The lowest BCUT2D eigenvalue weighted by molar-refractivity contribution is -0.342. The molecule has 8 heteroatoms. The van der Waals surface area contributed by atoms with Gasteiger partial charge in [-0.3, -0.25) is 9.53 Å². The lowest BCUT2D eigenvalue weighted by Gasteiger charge is -2.34. The number of hydrogen-bond donors (Lipinski definition) is 2. The summed E-state index contributed by atoms with van der Waals surface area (Å²) in [6.07, 6.45) is 0.416. The van der Waals surface area contributed by atoms with Gasteiger partial charge in [0.05, 0.1) is 6.04 Å². The Morgan fingerprint density at radius 1 is 1.22 bits per heavy atom. The Kier molecular flexibility index (Phi) is 5.93. The molecule has 0 spiro atoms. The molecule has 1 heterocycles. The van der Waals surface area contributed by atoms with E-state index in [4.69, 9.17) is 11.6 Å². The Hall–Kier alpha value is -1.83. The van der Waals surface area contributed by atoms with Crippen molar-refractivity contribution in [1.29, 1.82) is 0 Å². The van der Waals surface area contributed by atoms with E-state index in [9.17, 15) is 18.0 Å². The van der Waals surface area contributed by atoms with E-state index < -0.39 is 11.4 Å². The molecule has 2 N–H and O–H groups in total. The third-order valence-corrected chi connectivity index (χ3v) is 4.96. The third kappa shape index (κ3) is 5.12. The molecule has 1 aliphatic heterocycles. The average Bonchev–Trinajstić information content (AvgIpc) is 2.61. The maximum absolute atomic E-state index is 13.0. The molecule has 0 aromatic heterocycles. The number of amides is 1. The fourth-order valence-electron chi connectivity index (χ4n) is 3.32. The van der Waals surface area contributed by atoms with Crippen molar-refractivity contribution >= 4 is 23.1 Å². The smallest absolute Gasteiger partial charge is 0.328 e. The summed E-state index contributed by atoms with van der Waals surface area (Å²) in [6, 6.07) is 8.13. The first-order valence-corrected chi connectivity index (χ1v) is 9.11. The number of nitrogens with one attached hydrogen (secondary N) is 2. The van der Waals surface area contributed by atoms with Crippen LogP contribution in [0.2, 0.25) is 0 Å². The third-order valence-electron chi connectivity index (χ3n) is 4.54. The first-order chi connectivity index (χ1) is 12.8. The van der Waals surface area contributed by atoms with Crippen molar-refractivity contribution in [2.45, 2.75) is 43.1 Å². The first-order valence-electron chi connectivity index (χ1n) is 8.74. The molecular formula is C19H20ClF3N2O2. The van der Waals surface area contributed by atoms with Gasteiger partial charge in [-0.25, -0.2) is 0 Å². The van der Waals surface area contributed by atoms with Gasteiger partial charge in [0.2, 0.25) is 5.91 Å². The summed E-state index contributed by atoms with van der Waals surface area (Å²) in [7, 11) is 0. The lowest BCUT2D eigenvalue weighted by atomic mass is 9.92. The van der Waals surface area contributed by atoms with Crippen molar-refractivity contribution in [2.24, 2.45) is 0 Å². The van der Waals surface area contributed by atoms with Crippen LogP contribution >= 0.6 is 11.6 Å². The standard InChI is InChI=1S/C19H20ClF3N2O2/c20-18(27-19(21,22)23)12-14(25-17(26)16-8-4-5-11-24-16)9-10-15(18)13-6-2-1-3-7-13/h1-3,6-7,9-10,16,24H,4-5,8,11-12H2,(H,25,26)/t16?,18-/m0/s1. The highest BCUT2D eigenvalue weighted by Gasteiger charge is 2.47. The van der Waals surface area contributed by atoms with Crippen LogP contribution in [0.3, 0.4) is 0 Å². The summed E-state index contributed by atoms with van der Waals surface area (Å²) >= 11 is 6.31. The van der Waals surface area contributed by atoms with Gasteiger partial charge < -0.3 is 10.6 Å². The molecule has 1 aliphatic carbocycles. The van der Waals surface area contributed by atoms with E-state index in [1.165, 1.54) is 6.08 Å². The van der Waals surface area contributed by atoms with Crippen LogP contribution in [-0.4, -0.2) is 29.9 Å². The van der Waals surface area contributed by atoms with E-state index >= 15 is 0 Å². The highest BCUT2D eigenvalue weighted by Crippen LogP contribution is 2.45. The molecule has 1 aromatic rings. The molecule has 1 unspecified atom stereocenters. The van der Waals surface area contributed by atoms with Gasteiger partial charge >= 0.3 is 6.36 Å². The van der Waals surface area contributed by atoms with Crippen LogP contribution in [0.4, 0.5) is 13.2 Å². The van der Waals surface area contributed by atoms with Crippen LogP contribution in [0.25, 0.3) is 5.57 Å². The molecule has 1 amide bonds. The zero-order valence-electron chi connectivity index (χ0n) is 14.5. The number of ether oxygens (including phenoxy) is 1. The van der Waals surface area contributed by atoms with Gasteiger partial charge in [0.1, 0.15) is 0 Å². The van der Waals surface area contributed by atoms with E-state index in [1.807, 2.05) is 0 Å². The number of alkyl halides is 4. The number of allylic oxidation sites excluding steroid dienone is 2. The predicted octanol–water partition coefficient (Wildman–Crippen LogP) is 4.09. The largest absolute Gasteiger partial charge is 0.524 e. The number of carbonyl (C=O) groups excluding carboxylic acids is 1. The number of carbonyl (C=O) groups is 1. The van der Waals surface area contributed by atoms with Gasteiger partial charge in [0.15, 0.2) is 5.06 Å². The van der Waals surface area contributed by atoms with E-state index in [0.717, 1.165) is 19.4 Å². The van der Waals surface area contributed by atoms with Gasteiger partial charge in [-0.2, -0.15) is 0 Å². The van der Waals surface area contributed by atoms with Crippen LogP contribution in [0.5, 0.6) is 0 Å². The molecule has 0 bridgehead atoms. The van der Waals surface area contributed by atoms with E-state index in [1.54, 1.807) is 36.4 Å². The fourth-order valence-corrected chi connectivity index (χ4v) is 3.72. The normalized spacial score (nSPS) is 26.1. The second-order valence-electron chi connectivity index (χ2n) is 6.58. The number of rotatable bonds is 4. The topological polar surface area (TPSA) is 50.4 Å². The SMILES string of the molecule is O=C(NC1=CC=C(c2ccccc2)[C@@](Cl)(OC(F)(F)F)C1)C1CCCCN1. The van der Waals surface area contributed by atoms with Crippen molar-refractivity contribution in [2.75, 3.05) is 6.54 Å². The molecule has 146 valence electrons. The van der Waals surface area contributed by atoms with Crippen LogP contribution in [0.15, 0.2) is 48.2 Å². The van der Waals surface area contributed by atoms with E-state index in [-0.39, 0.29) is 29.6 Å². The van der Waals surface area contributed by atoms with Crippen molar-refractivity contribution in [3.05, 3.63) is 53.7 Å². The highest BCUT2D eigenvalue weighted by molar-refractivity contribution is 6.29. The molecule has 1 saturated heterocycles. The van der Waals surface area contributed by atoms with Crippen LogP contribution in [0, 0.1) is 0 Å². The Morgan fingerprint density at radius 2 is 1.96 bits per heavy atom.